The summed E-state index contributed by atoms with van der Waals surface area (Å²) in [4.78, 5) is 16.1. The number of ether oxygens (including phenoxy) is 1. The van der Waals surface area contributed by atoms with Gasteiger partial charge in [0.05, 0.1) is 18.0 Å². The molecule has 4 nitrogen and oxygen atoms in total. The van der Waals surface area contributed by atoms with Crippen LogP contribution in [0.1, 0.15) is 44.2 Å². The zero-order chi connectivity index (χ0) is 15.7. The standard InChI is InChI=1S/C18H21NO3/c1-18(17(20)21)9-7-12(8-10-18)15-5-3-13-11-14(22-2)4-6-16(13)19-15/h3-6,11-12H,7-10H2,1-2H3,(H,20,21). The predicted octanol–water partition coefficient (Wildman–Crippen LogP) is 3.99. The largest absolute Gasteiger partial charge is 0.497 e. The maximum atomic E-state index is 11.3. The maximum Gasteiger partial charge on any atom is 0.309 e. The van der Waals surface area contributed by atoms with Gasteiger partial charge in [-0.1, -0.05) is 6.07 Å². The van der Waals surface area contributed by atoms with Gasteiger partial charge in [0, 0.05) is 17.0 Å². The van der Waals surface area contributed by atoms with Crippen LogP contribution >= 0.6 is 0 Å². The summed E-state index contributed by atoms with van der Waals surface area (Å²) in [6.07, 6.45) is 3.21. The third kappa shape index (κ3) is 2.65. The molecule has 1 fully saturated rings. The van der Waals surface area contributed by atoms with Gasteiger partial charge in [0.25, 0.3) is 0 Å². The average molecular weight is 299 g/mol. The van der Waals surface area contributed by atoms with Crippen molar-refractivity contribution in [3.63, 3.8) is 0 Å². The number of carboxylic acids is 1. The molecule has 1 aromatic carbocycles. The molecule has 0 radical (unpaired) electrons. The van der Waals surface area contributed by atoms with Crippen LogP contribution in [0, 0.1) is 5.41 Å². The minimum Gasteiger partial charge on any atom is -0.497 e. The van der Waals surface area contributed by atoms with E-state index in [-0.39, 0.29) is 0 Å². The second kappa shape index (κ2) is 5.59. The number of aliphatic carboxylic acids is 1. The van der Waals surface area contributed by atoms with E-state index in [2.05, 4.69) is 12.1 Å². The van der Waals surface area contributed by atoms with Crippen LogP contribution in [0.5, 0.6) is 5.75 Å². The normalized spacial score (nSPS) is 25.1. The Balaban J connectivity index is 1.81. The van der Waals surface area contributed by atoms with E-state index in [1.54, 1.807) is 7.11 Å². The number of carbonyl (C=O) groups is 1. The van der Waals surface area contributed by atoms with Crippen molar-refractivity contribution in [2.24, 2.45) is 5.41 Å². The van der Waals surface area contributed by atoms with Crippen molar-refractivity contribution < 1.29 is 14.6 Å². The van der Waals surface area contributed by atoms with Crippen molar-refractivity contribution in [2.45, 2.75) is 38.5 Å². The summed E-state index contributed by atoms with van der Waals surface area (Å²) in [5.41, 5.74) is 1.47. The first-order valence-electron chi connectivity index (χ1n) is 7.70. The minimum absolute atomic E-state index is 0.360. The van der Waals surface area contributed by atoms with Crippen LogP contribution in [0.25, 0.3) is 10.9 Å². The Hall–Kier alpha value is -2.10. The van der Waals surface area contributed by atoms with Crippen LogP contribution in [-0.4, -0.2) is 23.2 Å². The molecule has 4 heteroatoms. The van der Waals surface area contributed by atoms with Crippen molar-refractivity contribution in [3.8, 4) is 5.75 Å². The second-order valence-corrected chi connectivity index (χ2v) is 6.43. The van der Waals surface area contributed by atoms with E-state index >= 15 is 0 Å². The van der Waals surface area contributed by atoms with Gasteiger partial charge in [-0.2, -0.15) is 0 Å². The monoisotopic (exact) mass is 299 g/mol. The molecule has 1 aromatic heterocycles. The first kappa shape index (κ1) is 14.8. The molecule has 1 saturated carbocycles. The van der Waals surface area contributed by atoms with Gasteiger partial charge in [0.2, 0.25) is 0 Å². The van der Waals surface area contributed by atoms with Gasteiger partial charge in [-0.3, -0.25) is 9.78 Å². The third-order valence-electron chi connectivity index (χ3n) is 4.94. The fraction of sp³-hybridized carbons (Fsp3) is 0.444. The lowest BCUT2D eigenvalue weighted by atomic mass is 9.71. The van der Waals surface area contributed by atoms with Crippen molar-refractivity contribution >= 4 is 16.9 Å². The molecule has 0 saturated heterocycles. The van der Waals surface area contributed by atoms with E-state index in [1.165, 1.54) is 0 Å². The zero-order valence-corrected chi connectivity index (χ0v) is 13.0. The molecule has 0 unspecified atom stereocenters. The van der Waals surface area contributed by atoms with E-state index in [4.69, 9.17) is 9.72 Å². The molecule has 1 aliphatic rings. The highest BCUT2D eigenvalue weighted by atomic mass is 16.5. The lowest BCUT2D eigenvalue weighted by Gasteiger charge is -2.33. The molecule has 116 valence electrons. The summed E-state index contributed by atoms with van der Waals surface area (Å²) in [5.74, 6) is 0.514. The van der Waals surface area contributed by atoms with Crippen LogP contribution in [0.2, 0.25) is 0 Å². The summed E-state index contributed by atoms with van der Waals surface area (Å²) in [5, 5.41) is 10.4. The Labute approximate surface area is 130 Å². The van der Waals surface area contributed by atoms with Gasteiger partial charge in [-0.15, -0.1) is 0 Å². The van der Waals surface area contributed by atoms with Gasteiger partial charge in [0.15, 0.2) is 0 Å². The van der Waals surface area contributed by atoms with Crippen LogP contribution in [-0.2, 0) is 4.79 Å². The Bertz CT molecular complexity index is 703. The average Bonchev–Trinajstić information content (AvgIpc) is 2.54. The van der Waals surface area contributed by atoms with Gasteiger partial charge >= 0.3 is 5.97 Å². The fourth-order valence-corrected chi connectivity index (χ4v) is 3.24. The van der Waals surface area contributed by atoms with E-state index < -0.39 is 11.4 Å². The number of benzene rings is 1. The van der Waals surface area contributed by atoms with Gasteiger partial charge < -0.3 is 9.84 Å². The van der Waals surface area contributed by atoms with Crippen molar-refractivity contribution in [1.82, 2.24) is 4.98 Å². The molecule has 2 aromatic rings. The molecular formula is C18H21NO3. The highest BCUT2D eigenvalue weighted by Crippen LogP contribution is 2.42. The van der Waals surface area contributed by atoms with Gasteiger partial charge in [0.1, 0.15) is 5.75 Å². The molecule has 3 rings (SSSR count). The number of fused-ring (bicyclic) bond motifs is 1. The molecule has 0 amide bonds. The Kier molecular flexibility index (Phi) is 3.77. The highest BCUT2D eigenvalue weighted by molar-refractivity contribution is 5.80. The van der Waals surface area contributed by atoms with E-state index in [9.17, 15) is 9.90 Å². The molecular weight excluding hydrogens is 278 g/mol. The van der Waals surface area contributed by atoms with Crippen LogP contribution < -0.4 is 4.74 Å². The quantitative estimate of drug-likeness (QED) is 0.931. The first-order chi connectivity index (χ1) is 10.5. The Morgan fingerprint density at radius 3 is 2.64 bits per heavy atom. The molecule has 0 aliphatic heterocycles. The molecule has 1 N–H and O–H groups in total. The number of nitrogens with zero attached hydrogens (tertiary/aromatic N) is 1. The highest BCUT2D eigenvalue weighted by Gasteiger charge is 2.38. The number of hydrogen-bond acceptors (Lipinski definition) is 3. The van der Waals surface area contributed by atoms with Crippen LogP contribution in [0.15, 0.2) is 30.3 Å². The number of aromatic nitrogens is 1. The summed E-state index contributed by atoms with van der Waals surface area (Å²) in [6.45, 7) is 1.85. The number of pyridine rings is 1. The maximum absolute atomic E-state index is 11.3. The first-order valence-corrected chi connectivity index (χ1v) is 7.70. The number of methoxy groups -OCH3 is 1. The SMILES string of the molecule is COc1ccc2nc(C3CCC(C)(C(=O)O)CC3)ccc2c1. The second-order valence-electron chi connectivity index (χ2n) is 6.43. The third-order valence-corrected chi connectivity index (χ3v) is 4.94. The van der Waals surface area contributed by atoms with Gasteiger partial charge in [-0.05, 0) is 56.9 Å². The van der Waals surface area contributed by atoms with Crippen molar-refractivity contribution in [2.75, 3.05) is 7.11 Å². The van der Waals surface area contributed by atoms with Gasteiger partial charge in [-0.25, -0.2) is 0 Å². The lowest BCUT2D eigenvalue weighted by molar-refractivity contribution is -0.149. The summed E-state index contributed by atoms with van der Waals surface area (Å²) in [7, 11) is 1.66. The topological polar surface area (TPSA) is 59.4 Å². The molecule has 22 heavy (non-hydrogen) atoms. The zero-order valence-electron chi connectivity index (χ0n) is 13.0. The molecule has 0 spiro atoms. The fourth-order valence-electron chi connectivity index (χ4n) is 3.24. The summed E-state index contributed by atoms with van der Waals surface area (Å²) in [6, 6.07) is 10.0. The van der Waals surface area contributed by atoms with Crippen LogP contribution in [0.3, 0.4) is 0 Å². The van der Waals surface area contributed by atoms with Crippen LogP contribution in [0.4, 0.5) is 0 Å². The molecule has 1 heterocycles. The minimum atomic E-state index is -0.676. The predicted molar refractivity (Wildman–Crippen MR) is 85.2 cm³/mol. The summed E-state index contributed by atoms with van der Waals surface area (Å²) >= 11 is 0. The lowest BCUT2D eigenvalue weighted by Crippen LogP contribution is -2.32. The van der Waals surface area contributed by atoms with Crippen molar-refractivity contribution in [3.05, 3.63) is 36.0 Å². The summed E-state index contributed by atoms with van der Waals surface area (Å²) < 4.78 is 5.23. The molecule has 0 bridgehead atoms. The van der Waals surface area contributed by atoms with E-state index in [1.807, 2.05) is 25.1 Å². The number of rotatable bonds is 3. The van der Waals surface area contributed by atoms with E-state index in [0.29, 0.717) is 5.92 Å². The Morgan fingerprint density at radius 2 is 2.00 bits per heavy atom. The smallest absolute Gasteiger partial charge is 0.309 e. The number of hydrogen-bond donors (Lipinski definition) is 1. The molecule has 0 atom stereocenters. The van der Waals surface area contributed by atoms with Crippen molar-refractivity contribution in [1.29, 1.82) is 0 Å². The Morgan fingerprint density at radius 1 is 1.27 bits per heavy atom. The molecule has 1 aliphatic carbocycles. The number of carboxylic acid groups (broad SMARTS) is 1. The van der Waals surface area contributed by atoms with E-state index in [0.717, 1.165) is 48.0 Å².